The molecule has 1 aromatic carbocycles. The van der Waals surface area contributed by atoms with Crippen LogP contribution in [-0.4, -0.2) is 183 Å². The zero-order valence-electron chi connectivity index (χ0n) is 30.9. The normalized spacial score (nSPS) is 35.2. The van der Waals surface area contributed by atoms with Crippen molar-refractivity contribution in [1.29, 1.82) is 0 Å². The van der Waals surface area contributed by atoms with Gasteiger partial charge in [-0.2, -0.15) is 0 Å². The number of carbonyl (C=O) groups excluding carboxylic acids is 6. The number of rotatable bonds is 5. The zero-order chi connectivity index (χ0) is 41.9. The number of hydrogen-bond donors (Lipinski definition) is 14. The van der Waals surface area contributed by atoms with Crippen molar-refractivity contribution >= 4 is 35.4 Å². The number of quaternary nitrogens is 1. The van der Waals surface area contributed by atoms with Crippen LogP contribution in [0, 0.1) is 5.92 Å². The Bertz CT molecular complexity index is 1620. The van der Waals surface area contributed by atoms with Crippen LogP contribution in [0.4, 0.5) is 0 Å². The van der Waals surface area contributed by atoms with E-state index >= 15 is 0 Å². The molecular formula is C34H52N7O15+. The number of nitrogens with zero attached hydrogens (tertiary/aromatic N) is 2. The molecule has 1 aromatic rings. The molecule has 3 aliphatic heterocycles. The molecule has 3 saturated heterocycles. The van der Waals surface area contributed by atoms with E-state index in [4.69, 9.17) is 0 Å². The second-order valence-corrected chi connectivity index (χ2v) is 14.7. The number of carbonyl (C=O) groups is 6. The summed E-state index contributed by atoms with van der Waals surface area (Å²) in [6, 6.07) is -5.92. The summed E-state index contributed by atoms with van der Waals surface area (Å²) >= 11 is 0. The first kappa shape index (κ1) is 44.2. The average Bonchev–Trinajstić information content (AvgIpc) is 3.68. The number of phenols is 1. The Morgan fingerprint density at radius 3 is 1.80 bits per heavy atom. The van der Waals surface area contributed by atoms with E-state index < -0.39 is 146 Å². The Balaban J connectivity index is 1.80. The molecule has 2 unspecified atom stereocenters. The van der Waals surface area contributed by atoms with Crippen LogP contribution in [0.1, 0.15) is 45.3 Å². The lowest BCUT2D eigenvalue weighted by molar-refractivity contribution is -0.408. The zero-order valence-corrected chi connectivity index (χ0v) is 30.9. The van der Waals surface area contributed by atoms with Crippen molar-refractivity contribution in [1.82, 2.24) is 31.1 Å². The summed E-state index contributed by atoms with van der Waals surface area (Å²) in [6.07, 6.45) is -15.5. The fourth-order valence-corrected chi connectivity index (χ4v) is 6.97. The minimum atomic E-state index is -2.23. The maximum absolute atomic E-state index is 14.0. The molecule has 0 spiro atoms. The Hall–Kier alpha value is -4.52. The number of phenolic OH excluding ortho intramolecular Hbond substituents is 1. The number of benzene rings is 1. The highest BCUT2D eigenvalue weighted by atomic mass is 16.3. The summed E-state index contributed by atoms with van der Waals surface area (Å²) in [5, 5.41) is 105. The van der Waals surface area contributed by atoms with Crippen LogP contribution in [0.2, 0.25) is 0 Å². The SMILES string of the molecule is CC(O)[C@@H]1NC(=O)[C@H]([C@H](O)[C@@H](O)c2ccc(O)cc2)NC(=O)[C@@H]2C[C@@H](O)CN2C(=O)[C@H](C(C)O)NC(=O)[C@@H]([NH3+])C[C@@H](O)[C@@H](O)NC(=O)[C@@H]2[C@@H](O)[C@@H](C)CN2C1=O. The molecule has 16 N–H and O–H groups in total. The predicted octanol–water partition coefficient (Wildman–Crippen LogP) is -8.02. The van der Waals surface area contributed by atoms with E-state index in [1.807, 2.05) is 0 Å². The van der Waals surface area contributed by atoms with Crippen molar-refractivity contribution < 1.29 is 80.5 Å². The third-order valence-electron chi connectivity index (χ3n) is 10.3. The first-order valence-corrected chi connectivity index (χ1v) is 18.0. The average molecular weight is 799 g/mol. The van der Waals surface area contributed by atoms with Gasteiger partial charge in [0.1, 0.15) is 54.3 Å². The molecule has 3 aliphatic rings. The smallest absolute Gasteiger partial charge is 0.278 e. The maximum atomic E-state index is 14.0. The van der Waals surface area contributed by atoms with E-state index in [1.54, 1.807) is 0 Å². The van der Waals surface area contributed by atoms with Crippen molar-refractivity contribution in [3.05, 3.63) is 29.8 Å². The first-order chi connectivity index (χ1) is 26.1. The lowest BCUT2D eigenvalue weighted by Gasteiger charge is -2.34. The van der Waals surface area contributed by atoms with E-state index in [0.717, 1.165) is 35.8 Å². The highest BCUT2D eigenvalue weighted by Gasteiger charge is 2.50. The quantitative estimate of drug-likeness (QED) is 0.132. The van der Waals surface area contributed by atoms with Gasteiger partial charge in [-0.05, 0) is 31.5 Å². The summed E-state index contributed by atoms with van der Waals surface area (Å²) < 4.78 is 0. The summed E-state index contributed by atoms with van der Waals surface area (Å²) in [7, 11) is 0. The van der Waals surface area contributed by atoms with E-state index in [0.29, 0.717) is 0 Å². The Kier molecular flexibility index (Phi) is 14.3. The van der Waals surface area contributed by atoms with Crippen LogP contribution in [0.15, 0.2) is 24.3 Å². The minimum absolute atomic E-state index is 0.0450. The van der Waals surface area contributed by atoms with Crippen molar-refractivity contribution in [2.75, 3.05) is 13.1 Å². The van der Waals surface area contributed by atoms with Gasteiger partial charge in [0.05, 0.1) is 24.4 Å². The number of nitrogens with one attached hydrogen (secondary N) is 4. The van der Waals surface area contributed by atoms with Crippen LogP contribution >= 0.6 is 0 Å². The molecule has 312 valence electrons. The van der Waals surface area contributed by atoms with Crippen LogP contribution < -0.4 is 27.0 Å². The number of aliphatic hydroxyl groups excluding tert-OH is 8. The largest absolute Gasteiger partial charge is 0.508 e. The molecular weight excluding hydrogens is 746 g/mol. The predicted molar refractivity (Wildman–Crippen MR) is 186 cm³/mol. The van der Waals surface area contributed by atoms with Gasteiger partial charge in [-0.3, -0.25) is 28.8 Å². The molecule has 56 heavy (non-hydrogen) atoms. The molecule has 22 heteroatoms. The first-order valence-electron chi connectivity index (χ1n) is 18.0. The van der Waals surface area contributed by atoms with Crippen molar-refractivity contribution in [3.63, 3.8) is 0 Å². The van der Waals surface area contributed by atoms with Gasteiger partial charge in [-0.25, -0.2) is 0 Å². The number of amides is 6. The Labute approximate surface area is 320 Å². The Morgan fingerprint density at radius 1 is 0.696 bits per heavy atom. The molecule has 15 atom stereocenters. The molecule has 4 rings (SSSR count). The minimum Gasteiger partial charge on any atom is -0.508 e. The van der Waals surface area contributed by atoms with Gasteiger partial charge in [0, 0.05) is 31.8 Å². The number of hydrogen-bond acceptors (Lipinski definition) is 15. The molecule has 0 saturated carbocycles. The van der Waals surface area contributed by atoms with Gasteiger partial charge in [-0.15, -0.1) is 0 Å². The molecule has 0 aliphatic carbocycles. The van der Waals surface area contributed by atoms with Crippen LogP contribution in [0.25, 0.3) is 0 Å². The van der Waals surface area contributed by atoms with E-state index in [1.165, 1.54) is 19.1 Å². The van der Waals surface area contributed by atoms with Gasteiger partial charge < -0.3 is 82.8 Å². The highest BCUT2D eigenvalue weighted by Crippen LogP contribution is 2.27. The molecule has 22 nitrogen and oxygen atoms in total. The number of aliphatic hydroxyl groups is 8. The third kappa shape index (κ3) is 9.70. The number of fused-ring (bicyclic) bond motifs is 2. The standard InChI is InChI=1S/C34H51N7O15/c1-12-10-41-24(25(12)47)32(54)39-30(52)20(46)9-18(35)28(50)36-21(13(2)42)33(55)40-11-17(45)8-19(40)29(51)38-23(31(53)37-22(14(3)43)34(41)56)27(49)26(48)15-4-6-16(44)7-5-15/h4-7,12-14,17-27,30,42-49,52H,8-11,35H2,1-3H3,(H,36,50)(H,37,53)(H,38,51)(H,39,54)/p+1/t12-,13?,14?,17+,18-,19-,20+,21-,22-,23-,24-,25-,26-,27-,30+/m0/s1. The summed E-state index contributed by atoms with van der Waals surface area (Å²) in [4.78, 5) is 84.0. The monoisotopic (exact) mass is 798 g/mol. The van der Waals surface area contributed by atoms with E-state index in [9.17, 15) is 74.7 Å². The van der Waals surface area contributed by atoms with Crippen molar-refractivity contribution in [2.24, 2.45) is 5.92 Å². The fraction of sp³-hybridized carbons (Fsp3) is 0.647. The third-order valence-corrected chi connectivity index (χ3v) is 10.3. The molecule has 6 amide bonds. The lowest BCUT2D eigenvalue weighted by atomic mass is 9.96. The summed E-state index contributed by atoms with van der Waals surface area (Å²) in [5.41, 5.74) is 3.57. The van der Waals surface area contributed by atoms with Gasteiger partial charge in [0.15, 0.2) is 12.3 Å². The second-order valence-electron chi connectivity index (χ2n) is 14.7. The van der Waals surface area contributed by atoms with Gasteiger partial charge >= 0.3 is 0 Å². The molecule has 3 heterocycles. The Morgan fingerprint density at radius 2 is 1.23 bits per heavy atom. The molecule has 3 fully saturated rings. The van der Waals surface area contributed by atoms with Crippen molar-refractivity contribution in [2.45, 2.75) is 119 Å². The lowest BCUT2D eigenvalue weighted by Crippen LogP contribution is -2.71. The van der Waals surface area contributed by atoms with E-state index in [2.05, 4.69) is 27.0 Å². The summed E-state index contributed by atoms with van der Waals surface area (Å²) in [6.45, 7) is 2.91. The summed E-state index contributed by atoms with van der Waals surface area (Å²) in [5.74, 6) is -7.92. The van der Waals surface area contributed by atoms with Gasteiger partial charge in [0.25, 0.3) is 5.91 Å². The van der Waals surface area contributed by atoms with Crippen LogP contribution in [0.5, 0.6) is 5.75 Å². The number of aromatic hydroxyl groups is 1. The second kappa shape index (κ2) is 18.2. The fourth-order valence-electron chi connectivity index (χ4n) is 6.97. The van der Waals surface area contributed by atoms with Crippen LogP contribution in [0.3, 0.4) is 0 Å². The van der Waals surface area contributed by atoms with Gasteiger partial charge in [-0.1, -0.05) is 19.1 Å². The molecule has 0 radical (unpaired) electrons. The van der Waals surface area contributed by atoms with Crippen molar-refractivity contribution in [3.8, 4) is 5.75 Å². The van der Waals surface area contributed by atoms with E-state index in [-0.39, 0.29) is 17.9 Å². The highest BCUT2D eigenvalue weighted by molar-refractivity contribution is 5.97. The molecule has 0 bridgehead atoms. The van der Waals surface area contributed by atoms with Gasteiger partial charge in [0.2, 0.25) is 29.5 Å². The molecule has 0 aromatic heterocycles. The van der Waals surface area contributed by atoms with Crippen LogP contribution in [-0.2, 0) is 28.8 Å². The topological polar surface area (TPSA) is 367 Å². The maximum Gasteiger partial charge on any atom is 0.278 e.